The highest BCUT2D eigenvalue weighted by Crippen LogP contribution is 2.23. The van der Waals surface area contributed by atoms with Gasteiger partial charge in [0.25, 0.3) is 0 Å². The minimum atomic E-state index is 0.0434. The van der Waals surface area contributed by atoms with Crippen LogP contribution in [0.2, 0.25) is 10.0 Å². The third-order valence-corrected chi connectivity index (χ3v) is 4.18. The molecule has 0 radical (unpaired) electrons. The molecule has 0 N–H and O–H groups in total. The van der Waals surface area contributed by atoms with E-state index in [1.54, 1.807) is 18.2 Å². The molecule has 1 unspecified atom stereocenters. The van der Waals surface area contributed by atoms with Crippen LogP contribution >= 0.6 is 23.2 Å². The van der Waals surface area contributed by atoms with Crippen molar-refractivity contribution in [3.05, 3.63) is 33.8 Å². The summed E-state index contributed by atoms with van der Waals surface area (Å²) in [6, 6.07) is 4.99. The fourth-order valence-electron chi connectivity index (χ4n) is 2.37. The number of ketones is 1. The van der Waals surface area contributed by atoms with Crippen molar-refractivity contribution in [3.63, 3.8) is 0 Å². The lowest BCUT2D eigenvalue weighted by molar-refractivity contribution is -0.000668. The normalized spacial score (nSPS) is 19.3. The standard InChI is InChI=1S/C15H19Cl2NO2/c1-18(9-12-4-2-3-7-20-12)10-15(19)11-5-6-13(16)14(17)8-11/h5-6,8,12H,2-4,7,9-10H2,1H3. The summed E-state index contributed by atoms with van der Waals surface area (Å²) in [5, 5.41) is 0.878. The van der Waals surface area contributed by atoms with Crippen LogP contribution in [0.3, 0.4) is 0 Å². The topological polar surface area (TPSA) is 29.5 Å². The largest absolute Gasteiger partial charge is 0.377 e. The number of ether oxygens (including phenoxy) is 1. The van der Waals surface area contributed by atoms with Gasteiger partial charge < -0.3 is 4.74 Å². The highest BCUT2D eigenvalue weighted by atomic mass is 35.5. The second-order valence-electron chi connectivity index (χ2n) is 5.24. The van der Waals surface area contributed by atoms with Gasteiger partial charge in [-0.05, 0) is 44.5 Å². The molecule has 2 rings (SSSR count). The van der Waals surface area contributed by atoms with Crippen LogP contribution in [0.5, 0.6) is 0 Å². The Morgan fingerprint density at radius 1 is 1.35 bits per heavy atom. The van der Waals surface area contributed by atoms with E-state index in [1.165, 1.54) is 6.42 Å². The summed E-state index contributed by atoms with van der Waals surface area (Å²) >= 11 is 11.8. The molecule has 20 heavy (non-hydrogen) atoms. The van der Waals surface area contributed by atoms with Gasteiger partial charge in [-0.25, -0.2) is 0 Å². The zero-order valence-corrected chi connectivity index (χ0v) is 13.1. The number of carbonyl (C=O) groups is 1. The predicted molar refractivity (Wildman–Crippen MR) is 81.9 cm³/mol. The molecule has 5 heteroatoms. The molecule has 1 fully saturated rings. The lowest BCUT2D eigenvalue weighted by Gasteiger charge is -2.27. The second kappa shape index (κ2) is 7.41. The fourth-order valence-corrected chi connectivity index (χ4v) is 2.67. The number of benzene rings is 1. The number of carbonyl (C=O) groups excluding carboxylic acids is 1. The average molecular weight is 316 g/mol. The second-order valence-corrected chi connectivity index (χ2v) is 6.05. The molecule has 0 saturated carbocycles. The third-order valence-electron chi connectivity index (χ3n) is 3.44. The average Bonchev–Trinajstić information content (AvgIpc) is 2.42. The van der Waals surface area contributed by atoms with Crippen LogP contribution in [0, 0.1) is 0 Å². The first-order valence-corrected chi connectivity index (χ1v) is 7.60. The van der Waals surface area contributed by atoms with Gasteiger partial charge in [-0.1, -0.05) is 23.2 Å². The molecule has 0 spiro atoms. The first-order chi connectivity index (χ1) is 9.56. The molecule has 0 amide bonds. The van der Waals surface area contributed by atoms with Crippen LogP contribution in [0.15, 0.2) is 18.2 Å². The van der Waals surface area contributed by atoms with Crippen LogP contribution in [-0.2, 0) is 4.74 Å². The summed E-state index contributed by atoms with van der Waals surface area (Å²) in [6.07, 6.45) is 3.67. The van der Waals surface area contributed by atoms with E-state index in [4.69, 9.17) is 27.9 Å². The Labute approximate surface area is 129 Å². The molecule has 3 nitrogen and oxygen atoms in total. The molecule has 1 aliphatic heterocycles. The van der Waals surface area contributed by atoms with Crippen LogP contribution in [0.25, 0.3) is 0 Å². The monoisotopic (exact) mass is 315 g/mol. The number of Topliss-reactive ketones (excluding diaryl/α,β-unsaturated/α-hetero) is 1. The maximum absolute atomic E-state index is 12.2. The first kappa shape index (κ1) is 15.8. The van der Waals surface area contributed by atoms with Crippen LogP contribution in [-0.4, -0.2) is 43.5 Å². The molecule has 0 aliphatic carbocycles. The van der Waals surface area contributed by atoms with Gasteiger partial charge in [-0.3, -0.25) is 9.69 Å². The van der Waals surface area contributed by atoms with Crippen LogP contribution < -0.4 is 0 Å². The zero-order valence-electron chi connectivity index (χ0n) is 11.6. The number of halogens is 2. The zero-order chi connectivity index (χ0) is 14.5. The Hall–Kier alpha value is -0.610. The van der Waals surface area contributed by atoms with Crippen LogP contribution in [0.1, 0.15) is 29.6 Å². The van der Waals surface area contributed by atoms with Gasteiger partial charge in [0.15, 0.2) is 5.78 Å². The Kier molecular flexibility index (Phi) is 5.85. The molecule has 1 aliphatic rings. The molecule has 110 valence electrons. The van der Waals surface area contributed by atoms with Crippen molar-refractivity contribution in [1.82, 2.24) is 4.90 Å². The SMILES string of the molecule is CN(CC(=O)c1ccc(Cl)c(Cl)c1)CC1CCCCO1. The van der Waals surface area contributed by atoms with Gasteiger partial charge >= 0.3 is 0 Å². The van der Waals surface area contributed by atoms with Gasteiger partial charge in [-0.15, -0.1) is 0 Å². The molecule has 1 saturated heterocycles. The Morgan fingerprint density at radius 2 is 2.15 bits per heavy atom. The van der Waals surface area contributed by atoms with Gasteiger partial charge in [0.2, 0.25) is 0 Å². The van der Waals surface area contributed by atoms with Crippen molar-refractivity contribution in [3.8, 4) is 0 Å². The smallest absolute Gasteiger partial charge is 0.176 e. The van der Waals surface area contributed by atoms with Gasteiger partial charge in [0, 0.05) is 18.7 Å². The van der Waals surface area contributed by atoms with Gasteiger partial charge in [0.1, 0.15) is 0 Å². The van der Waals surface area contributed by atoms with E-state index in [1.807, 2.05) is 11.9 Å². The van der Waals surface area contributed by atoms with E-state index in [0.717, 1.165) is 26.0 Å². The molecule has 0 bridgehead atoms. The molecule has 1 atom stereocenters. The van der Waals surface area contributed by atoms with E-state index in [2.05, 4.69) is 0 Å². The minimum Gasteiger partial charge on any atom is -0.377 e. The maximum Gasteiger partial charge on any atom is 0.176 e. The quantitative estimate of drug-likeness (QED) is 0.776. The summed E-state index contributed by atoms with van der Waals surface area (Å²) in [6.45, 7) is 1.98. The van der Waals surface area contributed by atoms with Crippen molar-refractivity contribution in [2.24, 2.45) is 0 Å². The highest BCUT2D eigenvalue weighted by molar-refractivity contribution is 6.42. The van der Waals surface area contributed by atoms with Crippen LogP contribution in [0.4, 0.5) is 0 Å². The fraction of sp³-hybridized carbons (Fsp3) is 0.533. The minimum absolute atomic E-state index is 0.0434. The predicted octanol–water partition coefficient (Wildman–Crippen LogP) is 3.68. The highest BCUT2D eigenvalue weighted by Gasteiger charge is 2.18. The number of rotatable bonds is 5. The Morgan fingerprint density at radius 3 is 2.80 bits per heavy atom. The Balaban J connectivity index is 1.87. The number of hydrogen-bond donors (Lipinski definition) is 0. The summed E-state index contributed by atoms with van der Waals surface area (Å²) in [5.74, 6) is 0.0434. The Bertz CT molecular complexity index is 473. The third kappa shape index (κ3) is 4.45. The molecule has 1 heterocycles. The van der Waals surface area contributed by atoms with Gasteiger partial charge in [0.05, 0.1) is 22.7 Å². The summed E-state index contributed by atoms with van der Waals surface area (Å²) in [5.41, 5.74) is 0.593. The molecule has 1 aromatic rings. The number of nitrogens with zero attached hydrogens (tertiary/aromatic N) is 1. The van der Waals surface area contributed by atoms with Crippen molar-refractivity contribution in [2.75, 3.05) is 26.7 Å². The van der Waals surface area contributed by atoms with E-state index >= 15 is 0 Å². The van der Waals surface area contributed by atoms with E-state index < -0.39 is 0 Å². The summed E-state index contributed by atoms with van der Waals surface area (Å²) in [4.78, 5) is 14.2. The van der Waals surface area contributed by atoms with Crippen molar-refractivity contribution in [1.29, 1.82) is 0 Å². The van der Waals surface area contributed by atoms with Crippen molar-refractivity contribution >= 4 is 29.0 Å². The first-order valence-electron chi connectivity index (χ1n) is 6.84. The molecule has 1 aromatic carbocycles. The number of hydrogen-bond acceptors (Lipinski definition) is 3. The van der Waals surface area contributed by atoms with E-state index in [-0.39, 0.29) is 11.9 Å². The lowest BCUT2D eigenvalue weighted by Crippen LogP contribution is -2.36. The summed E-state index contributed by atoms with van der Waals surface area (Å²) < 4.78 is 5.68. The van der Waals surface area contributed by atoms with Crippen molar-refractivity contribution < 1.29 is 9.53 Å². The number of likely N-dealkylation sites (N-methyl/N-ethyl adjacent to an activating group) is 1. The maximum atomic E-state index is 12.2. The molecular weight excluding hydrogens is 297 g/mol. The lowest BCUT2D eigenvalue weighted by atomic mass is 10.1. The van der Waals surface area contributed by atoms with Crippen molar-refractivity contribution in [2.45, 2.75) is 25.4 Å². The molecular formula is C15H19Cl2NO2. The van der Waals surface area contributed by atoms with Gasteiger partial charge in [-0.2, -0.15) is 0 Å². The van der Waals surface area contributed by atoms with E-state index in [9.17, 15) is 4.79 Å². The summed E-state index contributed by atoms with van der Waals surface area (Å²) in [7, 11) is 1.94. The molecule has 0 aromatic heterocycles. The van der Waals surface area contributed by atoms with E-state index in [0.29, 0.717) is 22.2 Å².